The number of amides is 1. The lowest BCUT2D eigenvalue weighted by molar-refractivity contribution is 0.0942. The van der Waals surface area contributed by atoms with E-state index in [1.807, 2.05) is 44.4 Å². The normalized spacial score (nSPS) is 12.4. The van der Waals surface area contributed by atoms with Crippen LogP contribution in [0.3, 0.4) is 0 Å². The molecule has 0 saturated heterocycles. The maximum absolute atomic E-state index is 12.5. The lowest BCUT2D eigenvalue weighted by Gasteiger charge is -2.12. The summed E-state index contributed by atoms with van der Waals surface area (Å²) in [6, 6.07) is 6.80. The summed E-state index contributed by atoms with van der Waals surface area (Å²) < 4.78 is 1.41. The van der Waals surface area contributed by atoms with Gasteiger partial charge >= 0.3 is 0 Å². The fraction of sp³-hybridized carbons (Fsp3) is 0.222. The number of aryl methyl sites for hydroxylation is 2. The minimum atomic E-state index is -0.405. The van der Waals surface area contributed by atoms with Crippen LogP contribution in [0.4, 0.5) is 0 Å². The molecule has 0 unspecified atom stereocenters. The number of hydrogen-bond donors (Lipinski definition) is 2. The summed E-state index contributed by atoms with van der Waals surface area (Å²) in [7, 11) is 0. The van der Waals surface area contributed by atoms with Crippen LogP contribution in [-0.2, 0) is 0 Å². The van der Waals surface area contributed by atoms with Gasteiger partial charge in [0.1, 0.15) is 4.88 Å². The van der Waals surface area contributed by atoms with Crippen LogP contribution in [0.15, 0.2) is 34.4 Å². The first-order chi connectivity index (χ1) is 12.9. The molecule has 0 radical (unpaired) electrons. The van der Waals surface area contributed by atoms with Gasteiger partial charge in [0.2, 0.25) is 0 Å². The van der Waals surface area contributed by atoms with Gasteiger partial charge in [-0.3, -0.25) is 14.7 Å². The second kappa shape index (κ2) is 6.75. The molecule has 4 aromatic rings. The number of nitrogens with zero attached hydrogens (tertiary/aromatic N) is 3. The van der Waals surface area contributed by atoms with Crippen molar-refractivity contribution in [2.24, 2.45) is 0 Å². The Morgan fingerprint density at radius 3 is 2.78 bits per heavy atom. The van der Waals surface area contributed by atoms with Crippen LogP contribution in [0.5, 0.6) is 0 Å². The Morgan fingerprint density at radius 1 is 1.30 bits per heavy atom. The molecule has 0 fully saturated rings. The number of carbonyl (C=O) groups is 1. The summed E-state index contributed by atoms with van der Waals surface area (Å²) >= 11 is 2.93. The van der Waals surface area contributed by atoms with E-state index in [4.69, 9.17) is 0 Å². The highest BCUT2D eigenvalue weighted by Crippen LogP contribution is 2.24. The van der Waals surface area contributed by atoms with Crippen LogP contribution in [0.2, 0.25) is 0 Å². The number of hydrogen-bond acceptors (Lipinski definition) is 6. The van der Waals surface area contributed by atoms with E-state index in [0.717, 1.165) is 15.6 Å². The minimum Gasteiger partial charge on any atom is -0.343 e. The molecular weight excluding hydrogens is 382 g/mol. The number of fused-ring (bicyclic) bond motifs is 1. The monoisotopic (exact) mass is 399 g/mol. The van der Waals surface area contributed by atoms with E-state index in [1.54, 1.807) is 11.3 Å². The van der Waals surface area contributed by atoms with Crippen LogP contribution < -0.4 is 10.9 Å². The molecule has 4 aromatic heterocycles. The Kier molecular flexibility index (Phi) is 4.40. The molecule has 0 aliphatic carbocycles. The first kappa shape index (κ1) is 17.6. The molecule has 2 N–H and O–H groups in total. The van der Waals surface area contributed by atoms with Gasteiger partial charge in [0.25, 0.3) is 11.5 Å². The lowest BCUT2D eigenvalue weighted by atomic mass is 10.2. The zero-order chi connectivity index (χ0) is 19.1. The van der Waals surface area contributed by atoms with Gasteiger partial charge in [0.15, 0.2) is 5.65 Å². The van der Waals surface area contributed by atoms with Gasteiger partial charge in [-0.15, -0.1) is 22.7 Å². The maximum atomic E-state index is 12.5. The number of thiazole rings is 1. The second-order valence-electron chi connectivity index (χ2n) is 6.20. The van der Waals surface area contributed by atoms with Crippen molar-refractivity contribution in [3.63, 3.8) is 0 Å². The molecule has 138 valence electrons. The standard InChI is InChI=1S/C18H17N5O2S2/c1-9(20-18(25)17-10(2)19-11(3)27-17)12-8-16(24)23-15(21-12)7-13(22-23)14-5-4-6-26-14/h4-9,22H,1-3H3,(H,20,25)/t9-/m1/s1. The Labute approximate surface area is 162 Å². The molecule has 1 atom stereocenters. The van der Waals surface area contributed by atoms with Crippen molar-refractivity contribution in [3.8, 4) is 10.6 Å². The molecule has 0 aliphatic rings. The van der Waals surface area contributed by atoms with E-state index in [-0.39, 0.29) is 11.5 Å². The van der Waals surface area contributed by atoms with Crippen molar-refractivity contribution in [2.75, 3.05) is 0 Å². The van der Waals surface area contributed by atoms with Crippen molar-refractivity contribution in [3.05, 3.63) is 61.3 Å². The number of aromatic amines is 1. The first-order valence-corrected chi connectivity index (χ1v) is 10.0. The van der Waals surface area contributed by atoms with Gasteiger partial charge < -0.3 is 5.32 Å². The molecule has 4 rings (SSSR count). The van der Waals surface area contributed by atoms with Crippen molar-refractivity contribution in [1.29, 1.82) is 0 Å². The highest BCUT2D eigenvalue weighted by molar-refractivity contribution is 7.13. The van der Waals surface area contributed by atoms with Crippen molar-refractivity contribution in [2.45, 2.75) is 26.8 Å². The number of aromatic nitrogens is 4. The summed E-state index contributed by atoms with van der Waals surface area (Å²) in [4.78, 5) is 35.4. The second-order valence-corrected chi connectivity index (χ2v) is 8.35. The van der Waals surface area contributed by atoms with Crippen molar-refractivity contribution in [1.82, 2.24) is 24.9 Å². The average molecular weight is 400 g/mol. The van der Waals surface area contributed by atoms with E-state index in [0.29, 0.717) is 21.9 Å². The fourth-order valence-electron chi connectivity index (χ4n) is 2.87. The van der Waals surface area contributed by atoms with Gasteiger partial charge in [-0.25, -0.2) is 14.5 Å². The number of nitrogens with one attached hydrogen (secondary N) is 2. The smallest absolute Gasteiger partial charge is 0.272 e. The summed E-state index contributed by atoms with van der Waals surface area (Å²) in [5.74, 6) is -0.207. The van der Waals surface area contributed by atoms with E-state index < -0.39 is 6.04 Å². The minimum absolute atomic E-state index is 0.207. The fourth-order valence-corrected chi connectivity index (χ4v) is 4.38. The highest BCUT2D eigenvalue weighted by atomic mass is 32.1. The Morgan fingerprint density at radius 2 is 2.11 bits per heavy atom. The number of H-pyrrole nitrogens is 1. The van der Waals surface area contributed by atoms with E-state index in [1.165, 1.54) is 21.9 Å². The molecular formula is C18H17N5O2S2. The number of rotatable bonds is 4. The summed E-state index contributed by atoms with van der Waals surface area (Å²) in [5.41, 5.74) is 2.36. The molecule has 0 aliphatic heterocycles. The predicted octanol–water partition coefficient (Wildman–Crippen LogP) is 3.32. The van der Waals surface area contributed by atoms with Gasteiger partial charge in [-0.2, -0.15) is 0 Å². The quantitative estimate of drug-likeness (QED) is 0.551. The largest absolute Gasteiger partial charge is 0.343 e. The Hall–Kier alpha value is -2.78. The third kappa shape index (κ3) is 3.31. The van der Waals surface area contributed by atoms with Crippen molar-refractivity contribution < 1.29 is 4.79 Å². The molecule has 0 bridgehead atoms. The van der Waals surface area contributed by atoms with Crippen molar-refractivity contribution >= 4 is 34.2 Å². The molecule has 0 spiro atoms. The Bertz CT molecular complexity index is 1190. The van der Waals surface area contributed by atoms with Crippen LogP contribution in [-0.4, -0.2) is 25.5 Å². The van der Waals surface area contributed by atoms with Crippen LogP contribution >= 0.6 is 22.7 Å². The zero-order valence-corrected chi connectivity index (χ0v) is 16.6. The molecule has 9 heteroatoms. The molecule has 0 saturated carbocycles. The summed E-state index contributed by atoms with van der Waals surface area (Å²) in [6.45, 7) is 5.49. The molecule has 4 heterocycles. The molecule has 0 aromatic carbocycles. The third-order valence-electron chi connectivity index (χ3n) is 4.16. The predicted molar refractivity (Wildman–Crippen MR) is 107 cm³/mol. The summed E-state index contributed by atoms with van der Waals surface area (Å²) in [6.07, 6.45) is 0. The van der Waals surface area contributed by atoms with Gasteiger partial charge in [0.05, 0.1) is 33.0 Å². The van der Waals surface area contributed by atoms with E-state index >= 15 is 0 Å². The van der Waals surface area contributed by atoms with Crippen LogP contribution in [0.1, 0.15) is 39.0 Å². The lowest BCUT2D eigenvalue weighted by Crippen LogP contribution is -2.28. The van der Waals surface area contributed by atoms with E-state index in [2.05, 4.69) is 20.4 Å². The van der Waals surface area contributed by atoms with Gasteiger partial charge in [0, 0.05) is 12.1 Å². The average Bonchev–Trinajstić information content (AvgIpc) is 3.33. The topological polar surface area (TPSA) is 92.1 Å². The first-order valence-electron chi connectivity index (χ1n) is 8.34. The SMILES string of the molecule is Cc1nc(C)c(C(=O)N[C@H](C)c2cc(=O)n3[nH]c(-c4cccs4)cc3n2)s1. The van der Waals surface area contributed by atoms with Gasteiger partial charge in [-0.05, 0) is 32.2 Å². The highest BCUT2D eigenvalue weighted by Gasteiger charge is 2.19. The van der Waals surface area contributed by atoms with Crippen LogP contribution in [0.25, 0.3) is 16.2 Å². The maximum Gasteiger partial charge on any atom is 0.272 e. The molecule has 7 nitrogen and oxygen atoms in total. The summed E-state index contributed by atoms with van der Waals surface area (Å²) in [5, 5.41) is 8.79. The molecule has 1 amide bonds. The van der Waals surface area contributed by atoms with Gasteiger partial charge in [-0.1, -0.05) is 6.07 Å². The van der Waals surface area contributed by atoms with Crippen LogP contribution in [0, 0.1) is 13.8 Å². The zero-order valence-electron chi connectivity index (χ0n) is 14.9. The number of thiophene rings is 1. The van der Waals surface area contributed by atoms with E-state index in [9.17, 15) is 9.59 Å². The third-order valence-corrected chi connectivity index (χ3v) is 6.13. The number of carbonyl (C=O) groups excluding carboxylic acids is 1. The Balaban J connectivity index is 1.64. The molecule has 27 heavy (non-hydrogen) atoms.